The minimum absolute atomic E-state index is 0.0335. The Balaban J connectivity index is 0.000000289. The molecule has 2 rings (SSSR count). The molecule has 0 amide bonds. The molecule has 1 unspecified atom stereocenters. The number of ether oxygens (including phenoxy) is 6. The van der Waals surface area contributed by atoms with E-state index >= 15 is 0 Å². The topological polar surface area (TPSA) is 92.7 Å². The van der Waals surface area contributed by atoms with E-state index in [-0.39, 0.29) is 25.0 Å². The van der Waals surface area contributed by atoms with Crippen LogP contribution in [0.5, 0.6) is 0 Å². The Morgan fingerprint density at radius 2 is 1.46 bits per heavy atom. The summed E-state index contributed by atoms with van der Waals surface area (Å²) in [5, 5.41) is 8.70. The molecule has 2 heterocycles. The minimum atomic E-state index is -0.771. The fourth-order valence-corrected chi connectivity index (χ4v) is 2.08. The van der Waals surface area contributed by atoms with E-state index in [0.29, 0.717) is 26.4 Å². The van der Waals surface area contributed by atoms with Crippen LogP contribution in [0.3, 0.4) is 0 Å². The lowest BCUT2D eigenvalue weighted by Crippen LogP contribution is -2.41. The smallest absolute Gasteiger partial charge is 0.434 e. The van der Waals surface area contributed by atoms with Crippen molar-refractivity contribution in [3.05, 3.63) is 0 Å². The first-order valence-electron chi connectivity index (χ1n) is 8.67. The fourth-order valence-electron chi connectivity index (χ4n) is 2.01. The zero-order valence-corrected chi connectivity index (χ0v) is 16.9. The van der Waals surface area contributed by atoms with Crippen molar-refractivity contribution in [3.63, 3.8) is 0 Å². The Kier molecular flexibility index (Phi) is 9.57. The number of rotatable bonds is 4. The standard InChI is InChI=1S/C10H17ClO5.C7H14O3/c1-7(11)16-9(12)13-4-8-5-14-10(2,3)15-6-8;1-7(2)9-4-6(3-8)5-10-7/h7-8H,4-6H2,1-3H3;6,8H,3-5H2,1-2H3. The number of carbonyl (C=O) groups is 1. The van der Waals surface area contributed by atoms with Crippen LogP contribution in [0.4, 0.5) is 4.79 Å². The normalized spacial score (nSPS) is 24.1. The second kappa shape index (κ2) is 10.6. The maximum absolute atomic E-state index is 11.0. The molecule has 8 nitrogen and oxygen atoms in total. The zero-order chi connectivity index (χ0) is 19.8. The highest BCUT2D eigenvalue weighted by molar-refractivity contribution is 6.19. The van der Waals surface area contributed by atoms with Gasteiger partial charge in [-0.1, -0.05) is 11.6 Å². The highest BCUT2D eigenvalue weighted by atomic mass is 35.5. The van der Waals surface area contributed by atoms with Crippen LogP contribution in [0.25, 0.3) is 0 Å². The maximum atomic E-state index is 11.0. The summed E-state index contributed by atoms with van der Waals surface area (Å²) in [5.74, 6) is -0.813. The van der Waals surface area contributed by atoms with Crippen molar-refractivity contribution in [1.29, 1.82) is 0 Å². The molecule has 1 atom stereocenters. The minimum Gasteiger partial charge on any atom is -0.434 e. The third kappa shape index (κ3) is 9.89. The van der Waals surface area contributed by atoms with Crippen molar-refractivity contribution in [2.24, 2.45) is 11.8 Å². The average molecular weight is 399 g/mol. The quantitative estimate of drug-likeness (QED) is 0.570. The number of aliphatic hydroxyl groups excluding tert-OH is 1. The summed E-state index contributed by atoms with van der Waals surface area (Å²) in [6.07, 6.45) is -0.771. The van der Waals surface area contributed by atoms with E-state index in [1.54, 1.807) is 0 Å². The van der Waals surface area contributed by atoms with Gasteiger partial charge in [-0.2, -0.15) is 0 Å². The molecule has 0 radical (unpaired) electrons. The summed E-state index contributed by atoms with van der Waals surface area (Å²) < 4.78 is 30.9. The van der Waals surface area contributed by atoms with E-state index in [9.17, 15) is 4.79 Å². The van der Waals surface area contributed by atoms with Gasteiger partial charge >= 0.3 is 6.16 Å². The lowest BCUT2D eigenvalue weighted by atomic mass is 10.1. The van der Waals surface area contributed by atoms with Gasteiger partial charge in [-0.3, -0.25) is 0 Å². The van der Waals surface area contributed by atoms with E-state index in [1.807, 2.05) is 27.7 Å². The van der Waals surface area contributed by atoms with Gasteiger partial charge in [-0.05, 0) is 34.6 Å². The highest BCUT2D eigenvalue weighted by Gasteiger charge is 2.29. The Morgan fingerprint density at radius 1 is 1.04 bits per heavy atom. The SMILES string of the molecule is CC(Cl)OC(=O)OCC1COC(C)(C)OC1.CC1(C)OCC(CO)CO1. The van der Waals surface area contributed by atoms with Crippen molar-refractivity contribution in [2.75, 3.05) is 39.6 Å². The number of alkyl halides is 1. The summed E-state index contributed by atoms with van der Waals surface area (Å²) in [6, 6.07) is 0. The van der Waals surface area contributed by atoms with Crippen LogP contribution in [0.15, 0.2) is 0 Å². The molecule has 26 heavy (non-hydrogen) atoms. The van der Waals surface area contributed by atoms with Crippen molar-refractivity contribution in [3.8, 4) is 0 Å². The largest absolute Gasteiger partial charge is 0.509 e. The van der Waals surface area contributed by atoms with Gasteiger partial charge in [0.15, 0.2) is 17.1 Å². The number of halogens is 1. The molecule has 154 valence electrons. The van der Waals surface area contributed by atoms with Gasteiger partial charge in [0.25, 0.3) is 0 Å². The first-order valence-corrected chi connectivity index (χ1v) is 9.11. The summed E-state index contributed by atoms with van der Waals surface area (Å²) in [7, 11) is 0. The van der Waals surface area contributed by atoms with Crippen LogP contribution in [-0.4, -0.2) is 68.0 Å². The molecule has 9 heteroatoms. The molecular weight excluding hydrogens is 368 g/mol. The van der Waals surface area contributed by atoms with Crippen LogP contribution in [0.1, 0.15) is 34.6 Å². The third-order valence-corrected chi connectivity index (χ3v) is 3.71. The van der Waals surface area contributed by atoms with E-state index in [2.05, 4.69) is 4.74 Å². The van der Waals surface area contributed by atoms with E-state index in [1.165, 1.54) is 6.92 Å². The van der Waals surface area contributed by atoms with Gasteiger partial charge in [0.1, 0.15) is 6.61 Å². The third-order valence-electron chi connectivity index (χ3n) is 3.62. The Bertz CT molecular complexity index is 407. The molecule has 0 aromatic carbocycles. The fraction of sp³-hybridized carbons (Fsp3) is 0.941. The Labute approximate surface area is 160 Å². The lowest BCUT2D eigenvalue weighted by Gasteiger charge is -2.34. The van der Waals surface area contributed by atoms with Gasteiger partial charge in [-0.15, -0.1) is 0 Å². The molecule has 0 spiro atoms. The molecule has 0 saturated carbocycles. The summed E-state index contributed by atoms with van der Waals surface area (Å²) >= 11 is 5.46. The first-order chi connectivity index (χ1) is 12.0. The van der Waals surface area contributed by atoms with E-state index < -0.39 is 23.3 Å². The highest BCUT2D eigenvalue weighted by Crippen LogP contribution is 2.21. The van der Waals surface area contributed by atoms with Crippen LogP contribution in [-0.2, 0) is 28.4 Å². The molecule has 2 fully saturated rings. The van der Waals surface area contributed by atoms with Crippen molar-refractivity contribution in [1.82, 2.24) is 0 Å². The molecular formula is C17H31ClO8. The maximum Gasteiger partial charge on any atom is 0.509 e. The Morgan fingerprint density at radius 3 is 1.85 bits per heavy atom. The summed E-state index contributed by atoms with van der Waals surface area (Å²) in [5.41, 5.74) is -0.690. The Hall–Kier alpha value is -0.640. The molecule has 2 aliphatic rings. The molecule has 2 aliphatic heterocycles. The van der Waals surface area contributed by atoms with Gasteiger partial charge < -0.3 is 33.5 Å². The number of carbonyl (C=O) groups excluding carboxylic acids is 1. The molecule has 0 aliphatic carbocycles. The van der Waals surface area contributed by atoms with Crippen LogP contribution >= 0.6 is 11.6 Å². The predicted octanol–water partition coefficient (Wildman–Crippen LogP) is 2.50. The predicted molar refractivity (Wildman–Crippen MR) is 93.8 cm³/mol. The van der Waals surface area contributed by atoms with E-state index in [0.717, 1.165) is 0 Å². The van der Waals surface area contributed by atoms with Gasteiger partial charge in [0, 0.05) is 11.8 Å². The second-order valence-electron chi connectivity index (χ2n) is 7.18. The average Bonchev–Trinajstić information content (AvgIpc) is 2.54. The van der Waals surface area contributed by atoms with Gasteiger partial charge in [-0.25, -0.2) is 4.79 Å². The second-order valence-corrected chi connectivity index (χ2v) is 7.79. The zero-order valence-electron chi connectivity index (χ0n) is 16.2. The lowest BCUT2D eigenvalue weighted by molar-refractivity contribution is -0.265. The number of aliphatic hydroxyl groups is 1. The molecule has 0 aromatic heterocycles. The van der Waals surface area contributed by atoms with Gasteiger partial charge in [0.2, 0.25) is 0 Å². The van der Waals surface area contributed by atoms with Crippen LogP contribution < -0.4 is 0 Å². The van der Waals surface area contributed by atoms with Crippen molar-refractivity contribution < 1.29 is 38.3 Å². The summed E-state index contributed by atoms with van der Waals surface area (Å²) in [6.45, 7) is 11.5. The van der Waals surface area contributed by atoms with Crippen LogP contribution in [0.2, 0.25) is 0 Å². The molecule has 2 saturated heterocycles. The van der Waals surface area contributed by atoms with Crippen LogP contribution in [0, 0.1) is 11.8 Å². The first kappa shape index (κ1) is 23.4. The number of hydrogen-bond acceptors (Lipinski definition) is 8. The van der Waals surface area contributed by atoms with E-state index in [4.69, 9.17) is 40.4 Å². The molecule has 1 N–H and O–H groups in total. The number of hydrogen-bond donors (Lipinski definition) is 1. The molecule has 0 bridgehead atoms. The van der Waals surface area contributed by atoms with Gasteiger partial charge in [0.05, 0.1) is 33.0 Å². The van der Waals surface area contributed by atoms with Crippen molar-refractivity contribution >= 4 is 17.8 Å². The van der Waals surface area contributed by atoms with Crippen molar-refractivity contribution in [2.45, 2.75) is 51.8 Å². The monoisotopic (exact) mass is 398 g/mol. The molecule has 0 aromatic rings. The summed E-state index contributed by atoms with van der Waals surface area (Å²) in [4.78, 5) is 11.0.